The monoisotopic (exact) mass is 1840 g/mol. The number of nitrogens with zero attached hydrogens (tertiary/aromatic N) is 4. The van der Waals surface area contributed by atoms with Gasteiger partial charge in [-0.25, -0.2) is 14.4 Å². The number of methoxy groups -OCH3 is 2. The summed E-state index contributed by atoms with van der Waals surface area (Å²) >= 11 is 9.53. The number of anilines is 1. The molecule has 7 aromatic rings. The second-order valence-corrected chi connectivity index (χ2v) is 37.2. The molecule has 33 nitrogen and oxygen atoms in total. The molecule has 1 saturated heterocycles. The summed E-state index contributed by atoms with van der Waals surface area (Å²) in [5.74, 6) is -2.82. The van der Waals surface area contributed by atoms with Crippen molar-refractivity contribution in [1.29, 1.82) is 5.26 Å². The Labute approximate surface area is 781 Å². The number of primary amides is 1. The summed E-state index contributed by atoms with van der Waals surface area (Å²) in [7, 11) is 3.36. The zero-order valence-electron chi connectivity index (χ0n) is 77.3. The number of halogens is 2. The van der Waals surface area contributed by atoms with Crippen molar-refractivity contribution < 1.29 is 137 Å². The van der Waals surface area contributed by atoms with Crippen LogP contribution in [-0.2, 0) is 87.5 Å². The van der Waals surface area contributed by atoms with Crippen LogP contribution in [0, 0.1) is 41.7 Å². The van der Waals surface area contributed by atoms with Gasteiger partial charge in [0.25, 0.3) is 17.1 Å². The van der Waals surface area contributed by atoms with Crippen molar-refractivity contribution in [2.24, 2.45) is 5.73 Å². The third kappa shape index (κ3) is 31.5. The molecule has 0 saturated carbocycles. The molecule has 128 heavy (non-hydrogen) atoms. The van der Waals surface area contributed by atoms with Gasteiger partial charge in [0.1, 0.15) is 34.3 Å². The summed E-state index contributed by atoms with van der Waals surface area (Å²) < 4.78 is 34.4. The molecule has 36 heteroatoms. The zero-order chi connectivity index (χ0) is 96.3. The number of alkyl halides is 2. The number of esters is 2. The molecule has 3 aliphatic heterocycles. The number of hydrogen-bond donors (Lipinski definition) is 7. The van der Waals surface area contributed by atoms with E-state index in [0.717, 1.165) is 56.3 Å². The Balaban J connectivity index is -0.00000143. The fraction of sp³-hybridized carbons (Fsp3) is 0.489. The number of nitro groups is 3. The number of fused-ring (bicyclic) bond motifs is 3. The molecule has 1 aromatic heterocycles. The molecule has 0 bridgehead atoms. The predicted octanol–water partition coefficient (Wildman–Crippen LogP) is 16.7. The minimum absolute atomic E-state index is 0. The molecule has 4 heterocycles. The molecule has 3 aliphatic rings. The smallest absolute Gasteiger partial charge is 0.870 e. The fourth-order valence-electron chi connectivity index (χ4n) is 12.1. The van der Waals surface area contributed by atoms with E-state index in [1.807, 2.05) is 52.8 Å². The number of phenols is 1. The van der Waals surface area contributed by atoms with Crippen LogP contribution >= 0.6 is 23.2 Å². The van der Waals surface area contributed by atoms with Crippen molar-refractivity contribution in [2.45, 2.75) is 255 Å². The fourth-order valence-corrected chi connectivity index (χ4v) is 12.1. The van der Waals surface area contributed by atoms with Gasteiger partial charge in [-0.3, -0.25) is 54.3 Å². The summed E-state index contributed by atoms with van der Waals surface area (Å²) in [4.78, 5) is 127. The number of nitro benzene ring substituents is 3. The van der Waals surface area contributed by atoms with E-state index in [0.29, 0.717) is 61.7 Å². The number of ether oxygens (including phenoxy) is 7. The van der Waals surface area contributed by atoms with E-state index in [2.05, 4.69) is 62.1 Å². The molecule has 0 aliphatic carbocycles. The molecule has 6 aromatic carbocycles. The van der Waals surface area contributed by atoms with Gasteiger partial charge in [-0.15, -0.1) is 23.2 Å². The molecule has 0 radical (unpaired) electrons. The molecular weight excluding hydrogens is 1710 g/mol. The number of aliphatic carboxylic acids is 1. The second kappa shape index (κ2) is 48.5. The number of aromatic amines is 1. The van der Waals surface area contributed by atoms with Crippen molar-refractivity contribution in [3.05, 3.63) is 199 Å². The number of aromatic carboxylic acids is 1. The molecule has 10 rings (SSSR count). The first-order chi connectivity index (χ1) is 56.6. The molecule has 1 amide bonds. The maximum absolute atomic E-state index is 11.8. The number of carbonyl (C=O) groups is 7. The second-order valence-electron chi connectivity index (χ2n) is 36.4. The number of carbonyl (C=O) groups excluding carboxylic acids is 5. The van der Waals surface area contributed by atoms with Crippen molar-refractivity contribution in [3.8, 4) is 34.8 Å². The summed E-state index contributed by atoms with van der Waals surface area (Å²) in [6, 6.07) is 26.5. The molecule has 10 N–H and O–H groups in total. The van der Waals surface area contributed by atoms with E-state index in [1.54, 1.807) is 126 Å². The van der Waals surface area contributed by atoms with Gasteiger partial charge in [-0.2, -0.15) is 5.26 Å². The first-order valence-electron chi connectivity index (χ1n) is 38.8. The Bertz CT molecular complexity index is 5200. The maximum Gasteiger partial charge on any atom is 1.00 e. The number of aliphatic hydroxyl groups is 1. The minimum Gasteiger partial charge on any atom is -0.870 e. The predicted molar refractivity (Wildman–Crippen MR) is 488 cm³/mol. The summed E-state index contributed by atoms with van der Waals surface area (Å²) in [5.41, 5.74) is 11.8. The Morgan fingerprint density at radius 3 is 1.32 bits per heavy atom. The van der Waals surface area contributed by atoms with E-state index in [-0.39, 0.29) is 129 Å². The van der Waals surface area contributed by atoms with Crippen LogP contribution in [0.3, 0.4) is 0 Å². The molecule has 0 unspecified atom stereocenters. The third-order valence-corrected chi connectivity index (χ3v) is 19.9. The standard InChI is InChI=1S/C16H22N2O6.C16H21NO3.C14H19NO5.C14H17NO4.C14H19NO2.C10H7NO3.C4H8O.CH2Cl2.CH4O.2CH4.Na.H2O/c1-15(2,3)9-7-10(16(4,5)13(17)19)12(24-14(20)23-6)8-11(9)18(21)22;1-15(2,3)11-7-8-13(20-14(18)19-6)12(9-11)16(4,5)10-17;1-13(2,3)8-6-9(14(4,5)12(17)18)11(16)7-10(8)15(19)20;1-13(2,3)8-6-9-11(7-10(8)15(17)18)19-12(16)14(9,4)5;1-13(2,3)8-6-9-11(7-10(8)15)17-12(16)14(9,4)5;12-9-6-3-1-2-4-8(6)11-5-7(9)10(13)14;1-2-4-5-3-1;2-1-3;1-2;;;;/h7-8H,1-6H3,(H2,17,19);7-9H,1-6H3;6-7,16H,1-5H3,(H,17,18);6-7H,1-5H3;6-7H,15H2,1-5H3;1-5H,(H,11,12)(H,13,14);1-4H2;1H2;2H,1H3;2*1H4;;1H2/q;;;;;;;;;;;+1;/p-1. The zero-order valence-corrected chi connectivity index (χ0v) is 80.8. The number of hydrogen-bond acceptors (Lipinski definition) is 26. The molecule has 1 fully saturated rings. The molecular formula is C92H128Cl2N7NaO26. The Kier molecular flexibility index (Phi) is 46.0. The normalized spacial score (nSPS) is 13.1. The van der Waals surface area contributed by atoms with Gasteiger partial charge >= 0.3 is 65.7 Å². The van der Waals surface area contributed by atoms with E-state index < -0.39 is 88.3 Å². The van der Waals surface area contributed by atoms with E-state index in [1.165, 1.54) is 58.2 Å². The quantitative estimate of drug-likeness (QED) is 0.00924. The van der Waals surface area contributed by atoms with Crippen molar-refractivity contribution in [1.82, 2.24) is 4.98 Å². The average molecular weight is 1840 g/mol. The van der Waals surface area contributed by atoms with Crippen LogP contribution in [-0.4, -0.2) is 128 Å². The van der Waals surface area contributed by atoms with Crippen LogP contribution < -0.4 is 65.4 Å². The van der Waals surface area contributed by atoms with E-state index >= 15 is 0 Å². The first kappa shape index (κ1) is 121. The van der Waals surface area contributed by atoms with Crippen molar-refractivity contribution >= 4 is 98.9 Å². The largest absolute Gasteiger partial charge is 1.00 e. The number of nitrogen functional groups attached to an aromatic ring is 1. The summed E-state index contributed by atoms with van der Waals surface area (Å²) in [6.07, 6.45) is 1.94. The number of H-pyrrole nitrogens is 1. The van der Waals surface area contributed by atoms with Gasteiger partial charge < -0.3 is 75.5 Å². The van der Waals surface area contributed by atoms with Gasteiger partial charge in [-0.1, -0.05) is 137 Å². The van der Waals surface area contributed by atoms with Crippen LogP contribution in [0.5, 0.6) is 28.7 Å². The number of phenolic OH excluding ortho intramolecular Hbond substituents is 1. The van der Waals surface area contributed by atoms with Crippen LogP contribution in [0.15, 0.2) is 102 Å². The van der Waals surface area contributed by atoms with Gasteiger partial charge in [0.2, 0.25) is 11.3 Å². The number of nitrogens with two attached hydrogens (primary N) is 2. The number of rotatable bonds is 11. The number of benzene rings is 6. The number of carboxylic acids is 2. The average Bonchev–Trinajstić information content (AvgIpc) is 1.66. The van der Waals surface area contributed by atoms with E-state index in [9.17, 15) is 84.2 Å². The number of nitrogens with one attached hydrogen (secondary N) is 1. The summed E-state index contributed by atoms with van der Waals surface area (Å²) in [6.45, 7) is 48.0. The Morgan fingerprint density at radius 1 is 0.555 bits per heavy atom. The number of nitriles is 1. The van der Waals surface area contributed by atoms with Crippen LogP contribution in [0.2, 0.25) is 0 Å². The number of aliphatic hydroxyl groups excluding tert-OH is 1. The van der Waals surface area contributed by atoms with Gasteiger partial charge in [0.15, 0.2) is 0 Å². The number of amides is 1. The van der Waals surface area contributed by atoms with Crippen LogP contribution in [0.4, 0.5) is 32.3 Å². The molecule has 0 spiro atoms. The number of pyridine rings is 1. The number of para-hydroxylation sites is 1. The third-order valence-electron chi connectivity index (χ3n) is 19.9. The molecule has 0 atom stereocenters. The number of aromatic nitrogens is 1. The summed E-state index contributed by atoms with van der Waals surface area (Å²) in [5, 5.41) is 78.5. The van der Waals surface area contributed by atoms with Gasteiger partial charge in [0.05, 0.1) is 85.7 Å². The minimum atomic E-state index is -1.33. The van der Waals surface area contributed by atoms with Gasteiger partial charge in [-0.05, 0) is 169 Å². The first-order valence-corrected chi connectivity index (χ1v) is 39.9. The van der Waals surface area contributed by atoms with Gasteiger partial charge in [0, 0.05) is 93.7 Å². The number of carboxylic acid groups (broad SMARTS) is 2. The van der Waals surface area contributed by atoms with Crippen molar-refractivity contribution in [2.75, 3.05) is 45.6 Å². The number of aromatic hydroxyl groups is 1. The van der Waals surface area contributed by atoms with Crippen LogP contribution in [0.25, 0.3) is 10.9 Å². The SMILES string of the molecule is C.C.C1CCOC1.CC(C)(C)c1cc(C(C)(C)C(=O)O)c(O)cc1[N+](=O)[O-].CC(C)(C)c1cc2c(cc1N)OC(=O)C2(C)C.CC(C)(C)c1cc2c(cc1[N+](=O)[O-])OC(=O)C2(C)C.CO.COC(=O)Oc1cc([N+](=O)[O-])c(C(C)(C)C)cc1C(C)(C)C(N)=O.COC(=O)Oc1ccc(C(C)(C)C)cc1C(C)(C)C#N.ClCCl.O=C(O)c1c[nH]c2ccccc2c1=O.[Na+].[OH-]. The van der Waals surface area contributed by atoms with Crippen molar-refractivity contribution in [3.63, 3.8) is 0 Å². The maximum atomic E-state index is 11.8. The molecule has 702 valence electrons. The topological polar surface area (TPSA) is 533 Å². The van der Waals surface area contributed by atoms with Crippen LogP contribution in [0.1, 0.15) is 267 Å². The Morgan fingerprint density at radius 2 is 0.945 bits per heavy atom. The van der Waals surface area contributed by atoms with E-state index in [4.69, 9.17) is 68.6 Å². The Hall–Kier alpha value is -10.8.